The summed E-state index contributed by atoms with van der Waals surface area (Å²) in [6.07, 6.45) is 8.68. The van der Waals surface area contributed by atoms with Crippen molar-refractivity contribution in [1.29, 1.82) is 5.26 Å². The van der Waals surface area contributed by atoms with Crippen molar-refractivity contribution in [1.82, 2.24) is 35.6 Å². The number of amides is 4. The number of aliphatic hydroxyl groups excluding tert-OH is 1. The number of hydrogen-bond donors (Lipinski definition) is 4. The maximum absolute atomic E-state index is 13.9. The highest BCUT2D eigenvalue weighted by Gasteiger charge is 2.64. The number of hydrogen-bond acceptors (Lipinski definition) is 11. The van der Waals surface area contributed by atoms with Gasteiger partial charge in [-0.3, -0.25) is 28.8 Å². The number of aromatic nitrogens is 3. The molecule has 2 fully saturated rings. The molecule has 0 radical (unpaired) electrons. The van der Waals surface area contributed by atoms with Gasteiger partial charge in [0.15, 0.2) is 0 Å². The van der Waals surface area contributed by atoms with E-state index in [1.807, 2.05) is 45.0 Å². The van der Waals surface area contributed by atoms with Crippen LogP contribution in [0.3, 0.4) is 0 Å². The van der Waals surface area contributed by atoms with Crippen molar-refractivity contribution >= 4 is 46.6 Å². The van der Waals surface area contributed by atoms with Crippen molar-refractivity contribution in [3.05, 3.63) is 88.3 Å². The lowest BCUT2D eigenvalue weighted by Gasteiger charge is -2.63. The van der Waals surface area contributed by atoms with Gasteiger partial charge in [-0.05, 0) is 41.5 Å². The SMILES string of the molecule is CC(C)(C)[C@H](NC(=O)COCCCCCCCn1cc(C(=O)N[C@H]2C(C)(C)[C@H](Oc3ccc(C#N)c(Cl)c3)C2(C)C)cn1)C(=O)N1C[C@H](O)CC1C(=O)NCc1ccc(-c2cncs2)cc1. The summed E-state index contributed by atoms with van der Waals surface area (Å²) in [5.74, 6) is -0.831. The van der Waals surface area contributed by atoms with E-state index in [4.69, 9.17) is 21.1 Å². The number of nitrogens with zero attached hydrogens (tertiary/aromatic N) is 5. The Kier molecular flexibility index (Phi) is 16.3. The van der Waals surface area contributed by atoms with E-state index in [1.165, 1.54) is 4.90 Å². The fraction of sp³-hybridized carbons (Fsp3) is 0.531. The summed E-state index contributed by atoms with van der Waals surface area (Å²) in [7, 11) is 0. The zero-order valence-electron chi connectivity index (χ0n) is 38.9. The molecule has 6 rings (SSSR count). The summed E-state index contributed by atoms with van der Waals surface area (Å²) in [6, 6.07) is 12.9. The molecule has 4 N–H and O–H groups in total. The van der Waals surface area contributed by atoms with Crippen LogP contribution in [0.1, 0.15) is 108 Å². The number of nitriles is 1. The van der Waals surface area contributed by atoms with E-state index in [9.17, 15) is 29.5 Å². The number of likely N-dealkylation sites (tertiary alicyclic amines) is 1. The van der Waals surface area contributed by atoms with Gasteiger partial charge in [-0.25, -0.2) is 0 Å². The number of unbranched alkanes of at least 4 members (excludes halogenated alkanes) is 4. The fourth-order valence-electron chi connectivity index (χ4n) is 9.36. The third kappa shape index (κ3) is 12.2. The first kappa shape index (κ1) is 50.1. The standard InChI is InChI=1S/C49H63ClN8O7S/c1-47(2,3)41(44(63)58-28-35(59)21-38(58)43(62)53-24-31-13-15-32(16-14-31)39-26-52-30-66-39)55-40(60)29-64-20-12-10-8-9-11-19-57-27-34(25-54-57)42(61)56-45-48(4,5)46(49(45,6)7)65-36-18-17-33(23-51)37(50)22-36/h13-18,22,25-27,30,35,38,41,45-46,59H,8-12,19-21,24,28-29H2,1-7H3,(H,53,62)(H,55,60)(H,56,61)/t35-,38?,41-,45-,46-/m1/s1. The van der Waals surface area contributed by atoms with Crippen LogP contribution >= 0.6 is 22.9 Å². The lowest BCUT2D eigenvalue weighted by molar-refractivity contribution is -0.164. The number of halogens is 1. The summed E-state index contributed by atoms with van der Waals surface area (Å²) < 4.78 is 13.8. The average molecular weight is 944 g/mol. The minimum atomic E-state index is -0.938. The molecular formula is C49H63ClN8O7S. The molecule has 1 saturated heterocycles. The molecule has 4 amide bonds. The molecule has 17 heteroatoms. The predicted molar refractivity (Wildman–Crippen MR) is 252 cm³/mol. The van der Waals surface area contributed by atoms with Crippen molar-refractivity contribution in [2.24, 2.45) is 16.2 Å². The number of carbonyl (C=O) groups excluding carboxylic acids is 4. The molecular weight excluding hydrogens is 880 g/mol. The number of carbonyl (C=O) groups is 4. The van der Waals surface area contributed by atoms with Crippen LogP contribution in [0.4, 0.5) is 0 Å². The van der Waals surface area contributed by atoms with Crippen molar-refractivity contribution < 1.29 is 33.8 Å². The third-order valence-corrected chi connectivity index (χ3v) is 13.8. The normalized spacial score (nSPS) is 20.2. The number of benzene rings is 2. The molecule has 354 valence electrons. The van der Waals surface area contributed by atoms with Crippen LogP contribution in [-0.4, -0.2) is 98.5 Å². The summed E-state index contributed by atoms with van der Waals surface area (Å²) in [5, 5.41) is 33.5. The molecule has 4 aromatic rings. The minimum absolute atomic E-state index is 0.00447. The Bertz CT molecular complexity index is 2340. The monoisotopic (exact) mass is 942 g/mol. The quantitative estimate of drug-likeness (QED) is 0.0675. The van der Waals surface area contributed by atoms with Crippen LogP contribution in [0, 0.1) is 27.6 Å². The number of β-amino-alcohol motifs (C(OH)–C–C–N with tert-alkyl or cyclic N) is 1. The summed E-state index contributed by atoms with van der Waals surface area (Å²) in [6.45, 7) is 14.9. The fourth-order valence-corrected chi connectivity index (χ4v) is 10.2. The molecule has 15 nitrogen and oxygen atoms in total. The van der Waals surface area contributed by atoms with Crippen molar-refractivity contribution in [2.75, 3.05) is 19.8 Å². The topological polar surface area (TPSA) is 201 Å². The van der Waals surface area contributed by atoms with E-state index in [-0.39, 0.29) is 60.9 Å². The lowest BCUT2D eigenvalue weighted by atomic mass is 9.49. The van der Waals surface area contributed by atoms with Crippen LogP contribution in [0.5, 0.6) is 5.75 Å². The maximum Gasteiger partial charge on any atom is 0.254 e. The number of thiazole rings is 1. The van der Waals surface area contributed by atoms with Gasteiger partial charge < -0.3 is 35.4 Å². The molecule has 1 saturated carbocycles. The molecule has 2 aromatic heterocycles. The van der Waals surface area contributed by atoms with Crippen LogP contribution in [0.15, 0.2) is 66.6 Å². The van der Waals surface area contributed by atoms with E-state index >= 15 is 0 Å². The highest BCUT2D eigenvalue weighted by Crippen LogP contribution is 2.55. The number of aryl methyl sites for hydroxylation is 1. The third-order valence-electron chi connectivity index (χ3n) is 12.7. The number of aliphatic hydroxyl groups is 1. The Morgan fingerprint density at radius 3 is 2.39 bits per heavy atom. The Hall–Kier alpha value is -5.34. The van der Waals surface area contributed by atoms with E-state index in [1.54, 1.807) is 58.3 Å². The van der Waals surface area contributed by atoms with Gasteiger partial charge in [-0.1, -0.05) is 104 Å². The Balaban J connectivity index is 0.862. The van der Waals surface area contributed by atoms with Crippen LogP contribution in [0.25, 0.3) is 10.4 Å². The molecule has 1 aliphatic heterocycles. The zero-order valence-corrected chi connectivity index (χ0v) is 40.5. The first-order chi connectivity index (χ1) is 31.3. The Labute approximate surface area is 396 Å². The van der Waals surface area contributed by atoms with Gasteiger partial charge in [0.05, 0.1) is 38.8 Å². The van der Waals surface area contributed by atoms with Gasteiger partial charge in [0.2, 0.25) is 17.7 Å². The van der Waals surface area contributed by atoms with E-state index < -0.39 is 35.4 Å². The Morgan fingerprint density at radius 2 is 1.73 bits per heavy atom. The molecule has 1 aliphatic carbocycles. The van der Waals surface area contributed by atoms with Gasteiger partial charge in [-0.15, -0.1) is 11.3 Å². The first-order valence-electron chi connectivity index (χ1n) is 22.6. The molecule has 3 atom stereocenters. The zero-order chi connectivity index (χ0) is 47.8. The number of ether oxygens (including phenoxy) is 2. The molecule has 66 heavy (non-hydrogen) atoms. The second-order valence-electron chi connectivity index (χ2n) is 19.7. The van der Waals surface area contributed by atoms with Crippen molar-refractivity contribution in [3.8, 4) is 22.3 Å². The summed E-state index contributed by atoms with van der Waals surface area (Å²) in [4.78, 5) is 60.3. The molecule has 0 bridgehead atoms. The smallest absolute Gasteiger partial charge is 0.254 e. The summed E-state index contributed by atoms with van der Waals surface area (Å²) in [5.41, 5.74) is 3.14. The van der Waals surface area contributed by atoms with Crippen LogP contribution in [0.2, 0.25) is 5.02 Å². The average Bonchev–Trinajstić information content (AvgIpc) is 4.07. The molecule has 0 spiro atoms. The maximum atomic E-state index is 13.9. The first-order valence-corrected chi connectivity index (χ1v) is 23.9. The van der Waals surface area contributed by atoms with E-state index in [0.29, 0.717) is 35.1 Å². The second-order valence-corrected chi connectivity index (χ2v) is 20.9. The Morgan fingerprint density at radius 1 is 1.02 bits per heavy atom. The van der Waals surface area contributed by atoms with Gasteiger partial charge in [0.1, 0.15) is 36.6 Å². The second kappa shape index (κ2) is 21.5. The molecule has 2 aromatic carbocycles. The lowest BCUT2D eigenvalue weighted by Crippen LogP contribution is -2.74. The van der Waals surface area contributed by atoms with Gasteiger partial charge in [-0.2, -0.15) is 10.4 Å². The number of nitrogens with one attached hydrogen (secondary N) is 3. The molecule has 3 heterocycles. The molecule has 1 unspecified atom stereocenters. The van der Waals surface area contributed by atoms with E-state index in [2.05, 4.69) is 59.8 Å². The highest BCUT2D eigenvalue weighted by atomic mass is 35.5. The van der Waals surface area contributed by atoms with Crippen LogP contribution in [-0.2, 0) is 32.2 Å². The minimum Gasteiger partial charge on any atom is -0.489 e. The highest BCUT2D eigenvalue weighted by molar-refractivity contribution is 7.13. The molecule has 2 aliphatic rings. The van der Waals surface area contributed by atoms with Crippen molar-refractivity contribution in [2.45, 2.75) is 130 Å². The van der Waals surface area contributed by atoms with E-state index in [0.717, 1.165) is 48.1 Å². The summed E-state index contributed by atoms with van der Waals surface area (Å²) >= 11 is 7.78. The number of rotatable bonds is 20. The van der Waals surface area contributed by atoms with Gasteiger partial charge in [0.25, 0.3) is 5.91 Å². The van der Waals surface area contributed by atoms with Crippen LogP contribution < -0.4 is 20.7 Å². The van der Waals surface area contributed by atoms with Gasteiger partial charge in [0, 0.05) is 68.0 Å². The van der Waals surface area contributed by atoms with Crippen molar-refractivity contribution in [3.63, 3.8) is 0 Å². The largest absolute Gasteiger partial charge is 0.489 e. The van der Waals surface area contributed by atoms with Gasteiger partial charge >= 0.3 is 0 Å². The predicted octanol–water partition coefficient (Wildman–Crippen LogP) is 6.92.